The fraction of sp³-hybridized carbons (Fsp3) is 0.182. The van der Waals surface area contributed by atoms with Crippen molar-refractivity contribution in [2.45, 2.75) is 25.9 Å². The van der Waals surface area contributed by atoms with E-state index in [9.17, 15) is 14.4 Å². The molecule has 4 aromatic rings. The molecule has 1 heterocycles. The van der Waals surface area contributed by atoms with Crippen LogP contribution in [0, 0.1) is 5.92 Å². The van der Waals surface area contributed by atoms with Crippen molar-refractivity contribution in [2.24, 2.45) is 5.92 Å². The Kier molecular flexibility index (Phi) is 7.83. The van der Waals surface area contributed by atoms with Crippen molar-refractivity contribution >= 4 is 23.3 Å². The van der Waals surface area contributed by atoms with Crippen molar-refractivity contribution in [3.63, 3.8) is 0 Å². The number of carbonyl (C=O) groups excluding carboxylic acids is 3. The van der Waals surface area contributed by atoms with Gasteiger partial charge in [0.2, 0.25) is 11.7 Å². The molecule has 4 aromatic carbocycles. The average molecular weight is 520 g/mol. The Morgan fingerprint density at radius 2 is 1.49 bits per heavy atom. The van der Waals surface area contributed by atoms with Crippen LogP contribution in [0.3, 0.4) is 0 Å². The zero-order valence-electron chi connectivity index (χ0n) is 21.7. The molecule has 0 unspecified atom stereocenters. The Morgan fingerprint density at radius 3 is 2.18 bits per heavy atom. The van der Waals surface area contributed by atoms with E-state index in [0.29, 0.717) is 23.4 Å². The number of hydrogen-bond acceptors (Lipinski definition) is 5. The molecule has 2 atom stereocenters. The number of ketones is 1. The first-order chi connectivity index (χ1) is 19.0. The molecule has 196 valence electrons. The lowest BCUT2D eigenvalue weighted by Crippen LogP contribution is -2.31. The van der Waals surface area contributed by atoms with E-state index in [1.807, 2.05) is 72.8 Å². The van der Waals surface area contributed by atoms with Gasteiger partial charge in [-0.05, 0) is 42.3 Å². The maximum atomic E-state index is 12.9. The van der Waals surface area contributed by atoms with Crippen LogP contribution in [0.4, 0.5) is 5.69 Å². The molecule has 0 N–H and O–H groups in total. The monoisotopic (exact) mass is 519 g/mol. The summed E-state index contributed by atoms with van der Waals surface area (Å²) in [6.07, 6.45) is -0.477. The predicted molar refractivity (Wildman–Crippen MR) is 150 cm³/mol. The van der Waals surface area contributed by atoms with E-state index in [4.69, 9.17) is 9.47 Å². The number of esters is 1. The highest BCUT2D eigenvalue weighted by Crippen LogP contribution is 2.34. The van der Waals surface area contributed by atoms with Crippen LogP contribution in [0.5, 0.6) is 11.5 Å². The summed E-state index contributed by atoms with van der Waals surface area (Å²) in [4.78, 5) is 40.1. The van der Waals surface area contributed by atoms with E-state index in [-0.39, 0.29) is 24.7 Å². The molecule has 39 heavy (non-hydrogen) atoms. The summed E-state index contributed by atoms with van der Waals surface area (Å²) < 4.78 is 11.8. The normalized spacial score (nSPS) is 15.6. The maximum absolute atomic E-state index is 12.9. The van der Waals surface area contributed by atoms with Gasteiger partial charge in [0.25, 0.3) is 0 Å². The van der Waals surface area contributed by atoms with Crippen molar-refractivity contribution in [2.75, 3.05) is 11.4 Å². The Balaban J connectivity index is 1.23. The van der Waals surface area contributed by atoms with E-state index in [2.05, 4.69) is 0 Å². The minimum absolute atomic E-state index is 0.0392. The zero-order chi connectivity index (χ0) is 27.2. The van der Waals surface area contributed by atoms with Crippen molar-refractivity contribution in [1.82, 2.24) is 0 Å². The van der Waals surface area contributed by atoms with Gasteiger partial charge in [-0.15, -0.1) is 0 Å². The number of benzene rings is 4. The number of Topliss-reactive ketones (excluding diaryl/α,β-unsaturated/α-hetero) is 1. The topological polar surface area (TPSA) is 72.9 Å². The first kappa shape index (κ1) is 25.9. The summed E-state index contributed by atoms with van der Waals surface area (Å²) in [6.45, 7) is 2.00. The lowest BCUT2D eigenvalue weighted by atomic mass is 10.0. The number of rotatable bonds is 9. The first-order valence-corrected chi connectivity index (χ1v) is 13.1. The van der Waals surface area contributed by atoms with E-state index in [1.165, 1.54) is 0 Å². The summed E-state index contributed by atoms with van der Waals surface area (Å²) >= 11 is 0. The van der Waals surface area contributed by atoms with Gasteiger partial charge in [-0.25, -0.2) is 0 Å². The largest absolute Gasteiger partial charge is 0.457 e. The van der Waals surface area contributed by atoms with Gasteiger partial charge < -0.3 is 14.4 Å². The highest BCUT2D eigenvalue weighted by Gasteiger charge is 2.37. The summed E-state index contributed by atoms with van der Waals surface area (Å²) in [6, 6.07) is 33.8. The molecule has 6 nitrogen and oxygen atoms in total. The van der Waals surface area contributed by atoms with Crippen LogP contribution in [0.25, 0.3) is 11.1 Å². The second kappa shape index (κ2) is 11.8. The molecule has 1 aliphatic heterocycles. The molecule has 1 amide bonds. The van der Waals surface area contributed by atoms with Crippen LogP contribution in [-0.4, -0.2) is 30.3 Å². The predicted octanol–water partition coefficient (Wildman–Crippen LogP) is 6.70. The summed E-state index contributed by atoms with van der Waals surface area (Å²) in [5, 5.41) is 0. The average Bonchev–Trinajstić information content (AvgIpc) is 3.38. The lowest BCUT2D eigenvalue weighted by Gasteiger charge is -2.19. The Bertz CT molecular complexity index is 1450. The Labute approximate surface area is 227 Å². The molecule has 0 aromatic heterocycles. The van der Waals surface area contributed by atoms with E-state index < -0.39 is 18.0 Å². The Hall–Kier alpha value is -4.71. The van der Waals surface area contributed by atoms with Crippen LogP contribution in [0.15, 0.2) is 109 Å². The fourth-order valence-corrected chi connectivity index (χ4v) is 4.69. The van der Waals surface area contributed by atoms with E-state index in [1.54, 1.807) is 48.2 Å². The number of nitrogens with zero attached hydrogens (tertiary/aromatic N) is 1. The summed E-state index contributed by atoms with van der Waals surface area (Å²) in [5.74, 6) is -0.204. The van der Waals surface area contributed by atoms with Gasteiger partial charge in [0.1, 0.15) is 11.5 Å². The highest BCUT2D eigenvalue weighted by molar-refractivity contribution is 6.02. The van der Waals surface area contributed by atoms with Crippen LogP contribution in [0.2, 0.25) is 0 Å². The van der Waals surface area contributed by atoms with E-state index in [0.717, 1.165) is 16.9 Å². The van der Waals surface area contributed by atoms with Crippen LogP contribution in [0.1, 0.15) is 30.1 Å². The van der Waals surface area contributed by atoms with Gasteiger partial charge in [0.15, 0.2) is 6.10 Å². The Morgan fingerprint density at radius 1 is 0.846 bits per heavy atom. The molecule has 0 spiro atoms. The third kappa shape index (κ3) is 5.91. The number of carbonyl (C=O) groups is 3. The maximum Gasteiger partial charge on any atom is 0.312 e. The van der Waals surface area contributed by atoms with Crippen molar-refractivity contribution < 1.29 is 23.9 Å². The number of hydrogen-bond donors (Lipinski definition) is 0. The van der Waals surface area contributed by atoms with Gasteiger partial charge in [0, 0.05) is 29.8 Å². The third-order valence-corrected chi connectivity index (χ3v) is 6.79. The van der Waals surface area contributed by atoms with Crippen molar-refractivity contribution in [1.29, 1.82) is 0 Å². The second-order valence-electron chi connectivity index (χ2n) is 9.43. The summed E-state index contributed by atoms with van der Waals surface area (Å²) in [5.41, 5.74) is 3.21. The van der Waals surface area contributed by atoms with E-state index >= 15 is 0 Å². The highest BCUT2D eigenvalue weighted by atomic mass is 16.5. The lowest BCUT2D eigenvalue weighted by molar-refractivity contribution is -0.151. The van der Waals surface area contributed by atoms with Gasteiger partial charge in [0.05, 0.1) is 5.92 Å². The quantitative estimate of drug-likeness (QED) is 0.182. The summed E-state index contributed by atoms with van der Waals surface area (Å²) in [7, 11) is 0. The minimum atomic E-state index is -0.876. The molecule has 1 fully saturated rings. The van der Waals surface area contributed by atoms with Crippen LogP contribution in [-0.2, 0) is 14.3 Å². The molecule has 0 aliphatic carbocycles. The molecule has 1 saturated heterocycles. The molecule has 0 saturated carbocycles. The molecule has 0 radical (unpaired) electrons. The third-order valence-electron chi connectivity index (χ3n) is 6.79. The fourth-order valence-electron chi connectivity index (χ4n) is 4.69. The van der Waals surface area contributed by atoms with Crippen LogP contribution >= 0.6 is 0 Å². The first-order valence-electron chi connectivity index (χ1n) is 13.1. The molecule has 0 bridgehead atoms. The van der Waals surface area contributed by atoms with Gasteiger partial charge in [-0.3, -0.25) is 14.4 Å². The van der Waals surface area contributed by atoms with Crippen molar-refractivity contribution in [3.8, 4) is 22.6 Å². The minimum Gasteiger partial charge on any atom is -0.457 e. The van der Waals surface area contributed by atoms with Gasteiger partial charge in [-0.2, -0.15) is 0 Å². The molecule has 6 heteroatoms. The van der Waals surface area contributed by atoms with Crippen molar-refractivity contribution in [3.05, 3.63) is 115 Å². The SMILES string of the molecule is CC[C@H](OC(=O)[C@H]1CC(=O)N(c2ccc(Oc3ccccc3-c3ccccc3)cc2)C1)C(=O)c1ccccc1. The number of anilines is 1. The number of para-hydroxylation sites is 1. The molecule has 1 aliphatic rings. The second-order valence-corrected chi connectivity index (χ2v) is 9.43. The van der Waals surface area contributed by atoms with Gasteiger partial charge >= 0.3 is 5.97 Å². The van der Waals surface area contributed by atoms with Gasteiger partial charge in [-0.1, -0.05) is 85.8 Å². The standard InChI is InChI=1S/C33H29NO5/c1-2-29(32(36)24-13-7-4-8-14-24)39-33(37)25-21-31(35)34(22-25)26-17-19-27(20-18-26)38-30-16-10-9-15-28(30)23-11-5-3-6-12-23/h3-20,25,29H,2,21-22H2,1H3/t25-,29-/m0/s1. The zero-order valence-corrected chi connectivity index (χ0v) is 21.7. The number of amides is 1. The molecule has 5 rings (SSSR count). The molecular formula is C33H29NO5. The molecular weight excluding hydrogens is 490 g/mol. The number of ether oxygens (including phenoxy) is 2. The smallest absolute Gasteiger partial charge is 0.312 e. The van der Waals surface area contributed by atoms with Crippen LogP contribution < -0.4 is 9.64 Å².